The second-order valence-corrected chi connectivity index (χ2v) is 4.13. The summed E-state index contributed by atoms with van der Waals surface area (Å²) in [4.78, 5) is 8.32. The fraction of sp³-hybridized carbons (Fsp3) is 0.364. The van der Waals surface area contributed by atoms with Crippen LogP contribution in [0.25, 0.3) is 11.5 Å². The molecule has 2 heterocycles. The number of rotatable bonds is 3. The van der Waals surface area contributed by atoms with Crippen LogP contribution in [0.4, 0.5) is 5.69 Å². The molecule has 1 aliphatic carbocycles. The van der Waals surface area contributed by atoms with Gasteiger partial charge in [-0.1, -0.05) is 5.16 Å². The maximum Gasteiger partial charge on any atom is 0.261 e. The van der Waals surface area contributed by atoms with E-state index in [1.165, 1.54) is 12.8 Å². The van der Waals surface area contributed by atoms with Gasteiger partial charge in [-0.05, 0) is 24.8 Å². The standard InChI is InChI=1S/C11H12N4O.ClH/c12-9-3-4-13-6-8(9)11-14-10(15-16-11)5-7-1-2-7;/h3-4,6-7H,1-2,5H2,(H2,12,13);1H. The van der Waals surface area contributed by atoms with E-state index in [1.807, 2.05) is 0 Å². The lowest BCUT2D eigenvalue weighted by atomic mass is 10.2. The topological polar surface area (TPSA) is 77.8 Å². The smallest absolute Gasteiger partial charge is 0.261 e. The Balaban J connectivity index is 0.00000108. The first kappa shape index (κ1) is 11.9. The van der Waals surface area contributed by atoms with Gasteiger partial charge in [-0.2, -0.15) is 4.98 Å². The third-order valence-corrected chi connectivity index (χ3v) is 2.72. The molecule has 2 N–H and O–H groups in total. The first-order valence-corrected chi connectivity index (χ1v) is 5.35. The van der Waals surface area contributed by atoms with Gasteiger partial charge in [0, 0.05) is 24.5 Å². The SMILES string of the molecule is Cl.Nc1ccncc1-c1nc(CC2CC2)no1. The molecule has 90 valence electrons. The monoisotopic (exact) mass is 252 g/mol. The third-order valence-electron chi connectivity index (χ3n) is 2.72. The van der Waals surface area contributed by atoms with Crippen molar-refractivity contribution in [2.75, 3.05) is 5.73 Å². The van der Waals surface area contributed by atoms with Gasteiger partial charge in [-0.15, -0.1) is 12.4 Å². The fourth-order valence-corrected chi connectivity index (χ4v) is 1.61. The fourth-order valence-electron chi connectivity index (χ4n) is 1.61. The predicted octanol–water partition coefficient (Wildman–Crippen LogP) is 2.09. The highest BCUT2D eigenvalue weighted by Crippen LogP contribution is 2.32. The molecule has 0 aliphatic heterocycles. The van der Waals surface area contributed by atoms with Gasteiger partial charge in [0.25, 0.3) is 5.89 Å². The molecule has 0 saturated heterocycles. The molecule has 5 nitrogen and oxygen atoms in total. The highest BCUT2D eigenvalue weighted by molar-refractivity contribution is 5.85. The molecule has 0 atom stereocenters. The lowest BCUT2D eigenvalue weighted by Crippen LogP contribution is -1.92. The van der Waals surface area contributed by atoms with E-state index in [1.54, 1.807) is 18.5 Å². The first-order valence-electron chi connectivity index (χ1n) is 5.35. The normalized spacial score (nSPS) is 14.4. The van der Waals surface area contributed by atoms with Crippen molar-refractivity contribution < 1.29 is 4.52 Å². The molecule has 0 unspecified atom stereocenters. The van der Waals surface area contributed by atoms with Gasteiger partial charge in [-0.3, -0.25) is 4.98 Å². The molecular weight excluding hydrogens is 240 g/mol. The number of hydrogen-bond donors (Lipinski definition) is 1. The van der Waals surface area contributed by atoms with Crippen LogP contribution in [-0.2, 0) is 6.42 Å². The Morgan fingerprint density at radius 3 is 2.94 bits per heavy atom. The van der Waals surface area contributed by atoms with E-state index in [0.29, 0.717) is 17.1 Å². The van der Waals surface area contributed by atoms with Crippen molar-refractivity contribution >= 4 is 18.1 Å². The third kappa shape index (κ3) is 2.55. The summed E-state index contributed by atoms with van der Waals surface area (Å²) in [6, 6.07) is 1.72. The van der Waals surface area contributed by atoms with Crippen molar-refractivity contribution in [3.63, 3.8) is 0 Å². The average molecular weight is 253 g/mol. The van der Waals surface area contributed by atoms with Crippen LogP contribution >= 0.6 is 12.4 Å². The molecule has 17 heavy (non-hydrogen) atoms. The summed E-state index contributed by atoms with van der Waals surface area (Å²) < 4.78 is 5.18. The Bertz CT molecular complexity index is 510. The highest BCUT2D eigenvalue weighted by Gasteiger charge is 2.24. The molecule has 0 radical (unpaired) electrons. The summed E-state index contributed by atoms with van der Waals surface area (Å²) in [6.45, 7) is 0. The maximum atomic E-state index is 5.81. The van der Waals surface area contributed by atoms with Gasteiger partial charge < -0.3 is 10.3 Å². The number of anilines is 1. The molecule has 0 amide bonds. The molecule has 1 saturated carbocycles. The zero-order valence-electron chi connectivity index (χ0n) is 9.17. The lowest BCUT2D eigenvalue weighted by Gasteiger charge is -1.96. The van der Waals surface area contributed by atoms with E-state index < -0.39 is 0 Å². The van der Waals surface area contributed by atoms with Crippen molar-refractivity contribution in [2.45, 2.75) is 19.3 Å². The van der Waals surface area contributed by atoms with E-state index in [-0.39, 0.29) is 12.4 Å². The minimum absolute atomic E-state index is 0. The minimum Gasteiger partial charge on any atom is -0.398 e. The number of nitrogen functional groups attached to an aromatic ring is 1. The number of nitrogens with two attached hydrogens (primary N) is 1. The molecule has 6 heteroatoms. The quantitative estimate of drug-likeness (QED) is 0.905. The Labute approximate surface area is 105 Å². The Hall–Kier alpha value is -1.62. The van der Waals surface area contributed by atoms with Crippen LogP contribution in [0, 0.1) is 5.92 Å². The minimum atomic E-state index is 0. The van der Waals surface area contributed by atoms with E-state index in [2.05, 4.69) is 15.1 Å². The molecule has 3 rings (SSSR count). The summed E-state index contributed by atoms with van der Waals surface area (Å²) in [5.41, 5.74) is 7.12. The number of aromatic nitrogens is 3. The van der Waals surface area contributed by atoms with Crippen LogP contribution in [0.5, 0.6) is 0 Å². The second kappa shape index (κ2) is 4.71. The van der Waals surface area contributed by atoms with Crippen molar-refractivity contribution in [1.29, 1.82) is 0 Å². The van der Waals surface area contributed by atoms with Crippen molar-refractivity contribution in [3.05, 3.63) is 24.3 Å². The van der Waals surface area contributed by atoms with Gasteiger partial charge in [0.05, 0.1) is 5.56 Å². The van der Waals surface area contributed by atoms with E-state index in [4.69, 9.17) is 10.3 Å². The van der Waals surface area contributed by atoms with E-state index in [0.717, 1.165) is 18.2 Å². The van der Waals surface area contributed by atoms with Crippen molar-refractivity contribution in [2.24, 2.45) is 5.92 Å². The Morgan fingerprint density at radius 1 is 1.41 bits per heavy atom. The Kier molecular flexibility index (Phi) is 3.28. The summed E-state index contributed by atoms with van der Waals surface area (Å²) >= 11 is 0. The van der Waals surface area contributed by atoms with Gasteiger partial charge in [0.1, 0.15) is 0 Å². The largest absolute Gasteiger partial charge is 0.398 e. The number of hydrogen-bond acceptors (Lipinski definition) is 5. The molecule has 1 fully saturated rings. The van der Waals surface area contributed by atoms with E-state index >= 15 is 0 Å². The van der Waals surface area contributed by atoms with Crippen LogP contribution in [0.2, 0.25) is 0 Å². The maximum absolute atomic E-state index is 5.81. The average Bonchev–Trinajstić information content (AvgIpc) is 2.97. The van der Waals surface area contributed by atoms with Gasteiger partial charge >= 0.3 is 0 Å². The summed E-state index contributed by atoms with van der Waals surface area (Å²) in [6.07, 6.45) is 6.74. The second-order valence-electron chi connectivity index (χ2n) is 4.13. The molecule has 2 aromatic rings. The van der Waals surface area contributed by atoms with Crippen LogP contribution < -0.4 is 5.73 Å². The number of pyridine rings is 1. The number of halogens is 1. The van der Waals surface area contributed by atoms with Gasteiger partial charge in [-0.25, -0.2) is 0 Å². The van der Waals surface area contributed by atoms with Gasteiger partial charge in [0.15, 0.2) is 5.82 Å². The van der Waals surface area contributed by atoms with Crippen LogP contribution in [0.15, 0.2) is 23.0 Å². The lowest BCUT2D eigenvalue weighted by molar-refractivity contribution is 0.421. The van der Waals surface area contributed by atoms with E-state index in [9.17, 15) is 0 Å². The summed E-state index contributed by atoms with van der Waals surface area (Å²) in [7, 11) is 0. The molecule has 1 aliphatic rings. The molecule has 0 aromatic carbocycles. The van der Waals surface area contributed by atoms with Crippen LogP contribution in [0.3, 0.4) is 0 Å². The van der Waals surface area contributed by atoms with Crippen LogP contribution in [0.1, 0.15) is 18.7 Å². The summed E-state index contributed by atoms with van der Waals surface area (Å²) in [5.74, 6) is 1.97. The zero-order valence-corrected chi connectivity index (χ0v) is 9.98. The highest BCUT2D eigenvalue weighted by atomic mass is 35.5. The molecule has 2 aromatic heterocycles. The van der Waals surface area contributed by atoms with Crippen LogP contribution in [-0.4, -0.2) is 15.1 Å². The zero-order chi connectivity index (χ0) is 11.0. The predicted molar refractivity (Wildman–Crippen MR) is 65.6 cm³/mol. The Morgan fingerprint density at radius 2 is 2.24 bits per heavy atom. The number of nitrogens with zero attached hydrogens (tertiary/aromatic N) is 3. The van der Waals surface area contributed by atoms with Crippen molar-refractivity contribution in [1.82, 2.24) is 15.1 Å². The first-order chi connectivity index (χ1) is 7.83. The van der Waals surface area contributed by atoms with Crippen molar-refractivity contribution in [3.8, 4) is 11.5 Å². The molecular formula is C11H13ClN4O. The summed E-state index contributed by atoms with van der Waals surface area (Å²) in [5, 5.41) is 3.94. The van der Waals surface area contributed by atoms with Gasteiger partial charge in [0.2, 0.25) is 0 Å². The molecule has 0 spiro atoms. The molecule has 0 bridgehead atoms.